The van der Waals surface area contributed by atoms with Crippen molar-refractivity contribution in [3.05, 3.63) is 53.2 Å². The molecule has 1 N–H and O–H groups in total. The monoisotopic (exact) mass is 362 g/mol. The molecule has 0 fully saturated rings. The molecule has 1 aromatic heterocycles. The standard InChI is InChI=1S/C18H22N2O4S/c1-13-11-14(2)20-18(24-3)16(13)12-19-17(21)9-10-25(22,23)15-7-5-4-6-8-15/h4-8,11H,9-10,12H2,1-3H3,(H,19,21). The summed E-state index contributed by atoms with van der Waals surface area (Å²) >= 11 is 0. The van der Waals surface area contributed by atoms with Crippen LogP contribution in [0.5, 0.6) is 5.88 Å². The fraction of sp³-hybridized carbons (Fsp3) is 0.333. The lowest BCUT2D eigenvalue weighted by molar-refractivity contribution is -0.120. The van der Waals surface area contributed by atoms with Gasteiger partial charge in [0, 0.05) is 24.2 Å². The Hall–Kier alpha value is -2.41. The van der Waals surface area contributed by atoms with Crippen LogP contribution in [-0.2, 0) is 21.2 Å². The normalized spacial score (nSPS) is 11.2. The van der Waals surface area contributed by atoms with Crippen molar-refractivity contribution in [2.45, 2.75) is 31.7 Å². The highest BCUT2D eigenvalue weighted by atomic mass is 32.2. The number of aryl methyl sites for hydroxylation is 2. The number of ether oxygens (including phenoxy) is 1. The Balaban J connectivity index is 1.96. The number of methoxy groups -OCH3 is 1. The molecule has 0 spiro atoms. The lowest BCUT2D eigenvalue weighted by atomic mass is 10.1. The minimum absolute atomic E-state index is 0.0993. The Labute approximate surface area is 148 Å². The molecule has 0 aliphatic rings. The molecule has 6 nitrogen and oxygen atoms in total. The fourth-order valence-electron chi connectivity index (χ4n) is 2.46. The highest BCUT2D eigenvalue weighted by molar-refractivity contribution is 7.91. The summed E-state index contributed by atoms with van der Waals surface area (Å²) in [5.74, 6) is -0.0956. The molecule has 7 heteroatoms. The maximum absolute atomic E-state index is 12.2. The van der Waals surface area contributed by atoms with Crippen LogP contribution in [0.2, 0.25) is 0 Å². The van der Waals surface area contributed by atoms with Gasteiger partial charge in [-0.1, -0.05) is 18.2 Å². The molecular weight excluding hydrogens is 340 g/mol. The summed E-state index contributed by atoms with van der Waals surface area (Å²) in [4.78, 5) is 16.5. The number of benzene rings is 1. The molecule has 2 rings (SSSR count). The number of carbonyl (C=O) groups excluding carboxylic acids is 1. The van der Waals surface area contributed by atoms with Crippen LogP contribution in [0.4, 0.5) is 0 Å². The highest BCUT2D eigenvalue weighted by Crippen LogP contribution is 2.20. The molecule has 1 amide bonds. The predicted octanol–water partition coefficient (Wildman–Crippen LogP) is 2.19. The van der Waals surface area contributed by atoms with Crippen LogP contribution in [-0.4, -0.2) is 32.2 Å². The van der Waals surface area contributed by atoms with E-state index in [9.17, 15) is 13.2 Å². The van der Waals surface area contributed by atoms with Gasteiger partial charge in [0.25, 0.3) is 0 Å². The van der Waals surface area contributed by atoms with Crippen LogP contribution in [0, 0.1) is 13.8 Å². The van der Waals surface area contributed by atoms with Crippen LogP contribution in [0.3, 0.4) is 0 Å². The van der Waals surface area contributed by atoms with Gasteiger partial charge in [0.1, 0.15) is 0 Å². The third-order valence-electron chi connectivity index (χ3n) is 3.79. The molecule has 0 atom stereocenters. The first kappa shape index (κ1) is 18.9. The van der Waals surface area contributed by atoms with Gasteiger partial charge >= 0.3 is 0 Å². The van der Waals surface area contributed by atoms with Gasteiger partial charge in [-0.3, -0.25) is 4.79 Å². The van der Waals surface area contributed by atoms with E-state index in [2.05, 4.69) is 10.3 Å². The fourth-order valence-corrected chi connectivity index (χ4v) is 3.72. The minimum atomic E-state index is -3.46. The first-order valence-corrected chi connectivity index (χ1v) is 9.54. The van der Waals surface area contributed by atoms with Gasteiger partial charge in [-0.25, -0.2) is 13.4 Å². The summed E-state index contributed by atoms with van der Waals surface area (Å²) in [6.07, 6.45) is -0.0993. The predicted molar refractivity (Wildman–Crippen MR) is 95.2 cm³/mol. The Kier molecular flexibility index (Phi) is 6.14. The molecule has 0 aliphatic heterocycles. The van der Waals surface area contributed by atoms with Gasteiger partial charge in [0.05, 0.1) is 17.8 Å². The molecule has 0 aliphatic carbocycles. The van der Waals surface area contributed by atoms with Crippen molar-refractivity contribution in [1.82, 2.24) is 10.3 Å². The van der Waals surface area contributed by atoms with Crippen molar-refractivity contribution in [2.75, 3.05) is 12.9 Å². The molecule has 25 heavy (non-hydrogen) atoms. The molecule has 0 unspecified atom stereocenters. The largest absolute Gasteiger partial charge is 0.481 e. The molecule has 0 saturated heterocycles. The Morgan fingerprint density at radius 3 is 2.52 bits per heavy atom. The van der Waals surface area contributed by atoms with Gasteiger partial charge in [0.15, 0.2) is 9.84 Å². The van der Waals surface area contributed by atoms with E-state index in [0.717, 1.165) is 16.8 Å². The highest BCUT2D eigenvalue weighted by Gasteiger charge is 2.17. The number of carbonyl (C=O) groups is 1. The van der Waals surface area contributed by atoms with Crippen LogP contribution in [0.15, 0.2) is 41.3 Å². The van der Waals surface area contributed by atoms with E-state index in [1.54, 1.807) is 18.2 Å². The van der Waals surface area contributed by atoms with Crippen LogP contribution >= 0.6 is 0 Å². The molecule has 1 heterocycles. The number of hydrogen-bond donors (Lipinski definition) is 1. The third kappa shape index (κ3) is 5.03. The van der Waals surface area contributed by atoms with E-state index in [4.69, 9.17) is 4.74 Å². The number of nitrogens with zero attached hydrogens (tertiary/aromatic N) is 1. The summed E-state index contributed by atoms with van der Waals surface area (Å²) in [5.41, 5.74) is 2.58. The van der Waals surface area contributed by atoms with Gasteiger partial charge < -0.3 is 10.1 Å². The van der Waals surface area contributed by atoms with E-state index < -0.39 is 9.84 Å². The average molecular weight is 362 g/mol. The van der Waals surface area contributed by atoms with Gasteiger partial charge in [-0.15, -0.1) is 0 Å². The van der Waals surface area contributed by atoms with E-state index in [0.29, 0.717) is 5.88 Å². The van der Waals surface area contributed by atoms with E-state index >= 15 is 0 Å². The van der Waals surface area contributed by atoms with Gasteiger partial charge in [-0.05, 0) is 37.6 Å². The summed E-state index contributed by atoms with van der Waals surface area (Å²) in [6.45, 7) is 4.03. The zero-order valence-electron chi connectivity index (χ0n) is 14.6. The Morgan fingerprint density at radius 2 is 1.88 bits per heavy atom. The SMILES string of the molecule is COc1nc(C)cc(C)c1CNC(=O)CCS(=O)(=O)c1ccccc1. The van der Waals surface area contributed by atoms with E-state index in [1.165, 1.54) is 19.2 Å². The number of sulfone groups is 1. The number of amides is 1. The maximum Gasteiger partial charge on any atom is 0.221 e. The second kappa shape index (κ2) is 8.11. The van der Waals surface area contributed by atoms with Gasteiger partial charge in [-0.2, -0.15) is 0 Å². The van der Waals surface area contributed by atoms with Crippen molar-refractivity contribution in [3.8, 4) is 5.88 Å². The zero-order valence-corrected chi connectivity index (χ0v) is 15.4. The minimum Gasteiger partial charge on any atom is -0.481 e. The zero-order chi connectivity index (χ0) is 18.4. The number of aromatic nitrogens is 1. The third-order valence-corrected chi connectivity index (χ3v) is 5.53. The van der Waals surface area contributed by atoms with Crippen LogP contribution < -0.4 is 10.1 Å². The van der Waals surface area contributed by atoms with Crippen molar-refractivity contribution < 1.29 is 17.9 Å². The molecule has 1 aromatic carbocycles. The number of rotatable bonds is 7. The molecule has 0 bridgehead atoms. The first-order valence-electron chi connectivity index (χ1n) is 7.89. The lowest BCUT2D eigenvalue weighted by Gasteiger charge is -2.13. The Morgan fingerprint density at radius 1 is 1.20 bits per heavy atom. The number of hydrogen-bond acceptors (Lipinski definition) is 5. The van der Waals surface area contributed by atoms with Gasteiger partial charge in [0.2, 0.25) is 11.8 Å². The van der Waals surface area contributed by atoms with E-state index in [-0.39, 0.29) is 29.5 Å². The van der Waals surface area contributed by atoms with Crippen molar-refractivity contribution in [1.29, 1.82) is 0 Å². The smallest absolute Gasteiger partial charge is 0.221 e. The maximum atomic E-state index is 12.2. The average Bonchev–Trinajstić information content (AvgIpc) is 2.59. The second-order valence-electron chi connectivity index (χ2n) is 5.73. The van der Waals surface area contributed by atoms with Crippen molar-refractivity contribution in [2.24, 2.45) is 0 Å². The van der Waals surface area contributed by atoms with Crippen molar-refractivity contribution in [3.63, 3.8) is 0 Å². The first-order chi connectivity index (χ1) is 11.8. The summed E-state index contributed by atoms with van der Waals surface area (Å²) in [5, 5.41) is 2.73. The van der Waals surface area contributed by atoms with Crippen molar-refractivity contribution >= 4 is 15.7 Å². The lowest BCUT2D eigenvalue weighted by Crippen LogP contribution is -2.26. The quantitative estimate of drug-likeness (QED) is 0.816. The second-order valence-corrected chi connectivity index (χ2v) is 7.84. The topological polar surface area (TPSA) is 85.4 Å². The number of nitrogens with one attached hydrogen (secondary N) is 1. The molecule has 2 aromatic rings. The van der Waals surface area contributed by atoms with E-state index in [1.807, 2.05) is 19.9 Å². The Bertz CT molecular complexity index is 849. The molecule has 134 valence electrons. The summed E-state index contributed by atoms with van der Waals surface area (Å²) in [7, 11) is -1.94. The number of pyridine rings is 1. The molecule has 0 saturated carbocycles. The van der Waals surface area contributed by atoms with Crippen LogP contribution in [0.25, 0.3) is 0 Å². The summed E-state index contributed by atoms with van der Waals surface area (Å²) in [6, 6.07) is 10.0. The summed E-state index contributed by atoms with van der Waals surface area (Å²) < 4.78 is 29.6. The molecule has 0 radical (unpaired) electrons. The van der Waals surface area contributed by atoms with Crippen LogP contribution in [0.1, 0.15) is 23.2 Å². The molecular formula is C18H22N2O4S.